The lowest BCUT2D eigenvalue weighted by atomic mass is 10.7. The quantitative estimate of drug-likeness (QED) is 0.532. The maximum atomic E-state index is 11.4. The Morgan fingerprint density at radius 3 is 2.85 bits per heavy atom. The molecule has 0 radical (unpaired) electrons. The van der Waals surface area contributed by atoms with Crippen molar-refractivity contribution in [2.24, 2.45) is 0 Å². The zero-order chi connectivity index (χ0) is 9.73. The van der Waals surface area contributed by atoms with E-state index >= 15 is 0 Å². The number of hydrogen-bond acceptors (Lipinski definition) is 4. The molecule has 6 nitrogen and oxygen atoms in total. The molecule has 1 heterocycles. The minimum absolute atomic E-state index is 0.156. The normalized spacial score (nSPS) is 11.8. The highest BCUT2D eigenvalue weighted by molar-refractivity contribution is 7.89. The van der Waals surface area contributed by atoms with E-state index in [4.69, 9.17) is 0 Å². The van der Waals surface area contributed by atoms with Gasteiger partial charge in [0.1, 0.15) is 4.90 Å². The van der Waals surface area contributed by atoms with E-state index in [2.05, 4.69) is 20.2 Å². The summed E-state index contributed by atoms with van der Waals surface area (Å²) in [6.45, 7) is 0.959. The van der Waals surface area contributed by atoms with Crippen LogP contribution in [0.1, 0.15) is 0 Å². The molecule has 0 aliphatic heterocycles. The molecule has 0 unspecified atom stereocenters. The molecule has 13 heavy (non-hydrogen) atoms. The van der Waals surface area contributed by atoms with Crippen LogP contribution < -0.4 is 10.0 Å². The van der Waals surface area contributed by atoms with Gasteiger partial charge in [-0.1, -0.05) is 0 Å². The van der Waals surface area contributed by atoms with Crippen LogP contribution in [0.2, 0.25) is 0 Å². The Hall–Kier alpha value is -0.920. The molecule has 0 fully saturated rings. The molecule has 0 aliphatic rings. The number of aromatic nitrogens is 2. The van der Waals surface area contributed by atoms with E-state index in [1.54, 1.807) is 7.05 Å². The van der Waals surface area contributed by atoms with Crippen LogP contribution in [-0.2, 0) is 10.0 Å². The van der Waals surface area contributed by atoms with E-state index in [1.807, 2.05) is 0 Å². The van der Waals surface area contributed by atoms with Crippen molar-refractivity contribution in [2.45, 2.75) is 4.90 Å². The standard InChI is InChI=1S/C6H12N4O2S/c1-7-2-3-10-13(11,12)6-4-8-9-5-6/h4-5,7,10H,2-3H2,1H3,(H,8,9). The molecular formula is C6H12N4O2S. The van der Waals surface area contributed by atoms with E-state index in [0.29, 0.717) is 13.1 Å². The highest BCUT2D eigenvalue weighted by atomic mass is 32.2. The van der Waals surface area contributed by atoms with Gasteiger partial charge in [-0.15, -0.1) is 0 Å². The fourth-order valence-corrected chi connectivity index (χ4v) is 1.72. The number of rotatable bonds is 5. The lowest BCUT2D eigenvalue weighted by molar-refractivity contribution is 0.579. The number of nitrogens with one attached hydrogen (secondary N) is 3. The molecule has 0 bridgehead atoms. The molecular weight excluding hydrogens is 192 g/mol. The minimum atomic E-state index is -3.37. The fourth-order valence-electron chi connectivity index (χ4n) is 0.780. The van der Waals surface area contributed by atoms with Gasteiger partial charge >= 0.3 is 0 Å². The molecule has 0 saturated heterocycles. The number of aromatic amines is 1. The van der Waals surface area contributed by atoms with Crippen LogP contribution in [0.25, 0.3) is 0 Å². The van der Waals surface area contributed by atoms with Gasteiger partial charge in [0.25, 0.3) is 0 Å². The van der Waals surface area contributed by atoms with Gasteiger partial charge in [0, 0.05) is 19.3 Å². The first-order valence-electron chi connectivity index (χ1n) is 3.80. The predicted octanol–water partition coefficient (Wildman–Crippen LogP) is -1.09. The number of sulfonamides is 1. The summed E-state index contributed by atoms with van der Waals surface area (Å²) in [4.78, 5) is 0.156. The van der Waals surface area contributed by atoms with Crippen LogP contribution in [0.3, 0.4) is 0 Å². The van der Waals surface area contributed by atoms with Crippen molar-refractivity contribution in [3.63, 3.8) is 0 Å². The van der Waals surface area contributed by atoms with Crippen LogP contribution in [0.4, 0.5) is 0 Å². The van der Waals surface area contributed by atoms with Crippen LogP contribution in [0.15, 0.2) is 17.3 Å². The van der Waals surface area contributed by atoms with E-state index in [1.165, 1.54) is 12.4 Å². The summed E-state index contributed by atoms with van der Waals surface area (Å²) in [6, 6.07) is 0. The van der Waals surface area contributed by atoms with Crippen molar-refractivity contribution in [3.8, 4) is 0 Å². The molecule has 3 N–H and O–H groups in total. The Morgan fingerprint density at radius 2 is 2.31 bits per heavy atom. The van der Waals surface area contributed by atoms with Crippen molar-refractivity contribution in [2.75, 3.05) is 20.1 Å². The molecule has 1 rings (SSSR count). The van der Waals surface area contributed by atoms with E-state index in [-0.39, 0.29) is 4.90 Å². The molecule has 0 aliphatic carbocycles. The second-order valence-corrected chi connectivity index (χ2v) is 4.20. The third-order valence-corrected chi connectivity index (χ3v) is 2.88. The summed E-state index contributed by atoms with van der Waals surface area (Å²) in [7, 11) is -1.62. The van der Waals surface area contributed by atoms with Gasteiger partial charge < -0.3 is 5.32 Å². The molecule has 1 aromatic rings. The first-order chi connectivity index (χ1) is 6.17. The topological polar surface area (TPSA) is 86.9 Å². The van der Waals surface area contributed by atoms with Crippen LogP contribution in [-0.4, -0.2) is 38.8 Å². The molecule has 0 spiro atoms. The third-order valence-electron chi connectivity index (χ3n) is 1.45. The highest BCUT2D eigenvalue weighted by Gasteiger charge is 2.13. The van der Waals surface area contributed by atoms with Gasteiger partial charge in [-0.3, -0.25) is 5.10 Å². The van der Waals surface area contributed by atoms with Crippen molar-refractivity contribution < 1.29 is 8.42 Å². The van der Waals surface area contributed by atoms with E-state index < -0.39 is 10.0 Å². The monoisotopic (exact) mass is 204 g/mol. The maximum Gasteiger partial charge on any atom is 0.243 e. The van der Waals surface area contributed by atoms with Crippen LogP contribution in [0, 0.1) is 0 Å². The smallest absolute Gasteiger partial charge is 0.243 e. The van der Waals surface area contributed by atoms with Gasteiger partial charge in [0.15, 0.2) is 0 Å². The summed E-state index contributed by atoms with van der Waals surface area (Å²) < 4.78 is 25.2. The zero-order valence-electron chi connectivity index (χ0n) is 7.24. The summed E-state index contributed by atoms with van der Waals surface area (Å²) >= 11 is 0. The summed E-state index contributed by atoms with van der Waals surface area (Å²) in [6.07, 6.45) is 2.60. The molecule has 0 atom stereocenters. The average molecular weight is 204 g/mol. The van der Waals surface area contributed by atoms with Gasteiger partial charge in [-0.05, 0) is 7.05 Å². The molecule has 0 saturated carbocycles. The number of likely N-dealkylation sites (N-methyl/N-ethyl adjacent to an activating group) is 1. The van der Waals surface area contributed by atoms with E-state index in [9.17, 15) is 8.42 Å². The second kappa shape index (κ2) is 4.35. The van der Waals surface area contributed by atoms with Gasteiger partial charge in [0.05, 0.1) is 6.20 Å². The van der Waals surface area contributed by atoms with Gasteiger partial charge in [0.2, 0.25) is 10.0 Å². The van der Waals surface area contributed by atoms with Gasteiger partial charge in [-0.25, -0.2) is 13.1 Å². The summed E-state index contributed by atoms with van der Waals surface area (Å²) in [5.41, 5.74) is 0. The largest absolute Gasteiger partial charge is 0.318 e. The summed E-state index contributed by atoms with van der Waals surface area (Å²) in [5.74, 6) is 0. The Bertz CT molecular complexity index is 332. The first-order valence-corrected chi connectivity index (χ1v) is 5.28. The van der Waals surface area contributed by atoms with Crippen molar-refractivity contribution in [1.29, 1.82) is 0 Å². The average Bonchev–Trinajstić information content (AvgIpc) is 2.56. The molecule has 0 amide bonds. The lowest BCUT2D eigenvalue weighted by Gasteiger charge is -2.02. The zero-order valence-corrected chi connectivity index (χ0v) is 8.06. The molecule has 1 aromatic heterocycles. The molecule has 74 valence electrons. The highest BCUT2D eigenvalue weighted by Crippen LogP contribution is 2.02. The minimum Gasteiger partial charge on any atom is -0.318 e. The second-order valence-electron chi connectivity index (χ2n) is 2.44. The van der Waals surface area contributed by atoms with Gasteiger partial charge in [-0.2, -0.15) is 5.10 Å². The summed E-state index contributed by atoms with van der Waals surface area (Å²) in [5, 5.41) is 8.83. The van der Waals surface area contributed by atoms with Crippen molar-refractivity contribution in [3.05, 3.63) is 12.4 Å². The fraction of sp³-hybridized carbons (Fsp3) is 0.500. The Kier molecular flexibility index (Phi) is 3.40. The Morgan fingerprint density at radius 1 is 1.54 bits per heavy atom. The lowest BCUT2D eigenvalue weighted by Crippen LogP contribution is -2.30. The number of hydrogen-bond donors (Lipinski definition) is 3. The van der Waals surface area contributed by atoms with Crippen molar-refractivity contribution >= 4 is 10.0 Å². The third kappa shape index (κ3) is 2.79. The molecule has 0 aromatic carbocycles. The van der Waals surface area contributed by atoms with Crippen LogP contribution in [0.5, 0.6) is 0 Å². The maximum absolute atomic E-state index is 11.4. The molecule has 7 heteroatoms. The SMILES string of the molecule is CNCCNS(=O)(=O)c1cn[nH]c1. The Labute approximate surface area is 76.8 Å². The first kappa shape index (κ1) is 10.2. The Balaban J connectivity index is 2.58. The predicted molar refractivity (Wildman–Crippen MR) is 47.7 cm³/mol. The van der Waals surface area contributed by atoms with Crippen molar-refractivity contribution in [1.82, 2.24) is 20.2 Å². The number of H-pyrrole nitrogens is 1. The van der Waals surface area contributed by atoms with E-state index in [0.717, 1.165) is 0 Å². The van der Waals surface area contributed by atoms with Crippen LogP contribution >= 0.6 is 0 Å². The number of nitrogens with zero attached hydrogens (tertiary/aromatic N) is 1.